The summed E-state index contributed by atoms with van der Waals surface area (Å²) < 4.78 is 3.27. The lowest BCUT2D eigenvalue weighted by Gasteiger charge is -2.28. The predicted octanol–water partition coefficient (Wildman–Crippen LogP) is 3.35. The van der Waals surface area contributed by atoms with Gasteiger partial charge in [0.15, 0.2) is 0 Å². The number of carbonyl (C=O) groups excluding carboxylic acids is 2. The molecule has 1 aliphatic rings. The van der Waals surface area contributed by atoms with E-state index in [2.05, 4.69) is 90.1 Å². The Kier molecular flexibility index (Phi) is 7.13. The Morgan fingerprint density at radius 2 is 1.81 bits per heavy atom. The van der Waals surface area contributed by atoms with Gasteiger partial charge in [-0.05, 0) is 106 Å². The average Bonchev–Trinajstić information content (AvgIpc) is 2.43. The fourth-order valence-corrected chi connectivity index (χ4v) is 6.14. The van der Waals surface area contributed by atoms with Gasteiger partial charge < -0.3 is 10.1 Å². The van der Waals surface area contributed by atoms with Crippen LogP contribution in [-0.4, -0.2) is 36.7 Å². The van der Waals surface area contributed by atoms with Crippen molar-refractivity contribution in [1.29, 1.82) is 0 Å². The van der Waals surface area contributed by atoms with Crippen LogP contribution in [0.3, 0.4) is 0 Å². The molecule has 4 nitrogen and oxygen atoms in total. The van der Waals surface area contributed by atoms with Gasteiger partial charge in [0.2, 0.25) is 5.91 Å². The number of halogens is 3. The van der Waals surface area contributed by atoms with Crippen molar-refractivity contribution in [3.63, 3.8) is 0 Å². The van der Waals surface area contributed by atoms with E-state index in [1.54, 1.807) is 0 Å². The van der Waals surface area contributed by atoms with E-state index in [1.165, 1.54) is 0 Å². The van der Waals surface area contributed by atoms with Gasteiger partial charge in [0.1, 0.15) is 6.29 Å². The van der Waals surface area contributed by atoms with Gasteiger partial charge in [-0.15, -0.1) is 0 Å². The van der Waals surface area contributed by atoms with Crippen LogP contribution in [0.1, 0.15) is 12.8 Å². The van der Waals surface area contributed by atoms with E-state index in [0.717, 1.165) is 48.6 Å². The van der Waals surface area contributed by atoms with Gasteiger partial charge in [0, 0.05) is 16.6 Å². The number of carbonyl (C=O) groups is 2. The first kappa shape index (κ1) is 17.9. The average molecular weight is 624 g/mol. The molecule has 0 saturated carbocycles. The van der Waals surface area contributed by atoms with Crippen LogP contribution in [0, 0.1) is 16.6 Å². The topological polar surface area (TPSA) is 49.4 Å². The number of aldehydes is 1. The van der Waals surface area contributed by atoms with E-state index in [9.17, 15) is 9.59 Å². The summed E-state index contributed by atoms with van der Waals surface area (Å²) in [7, 11) is 0. The number of amides is 1. The zero-order valence-corrected chi connectivity index (χ0v) is 17.7. The number of anilines is 1. The number of nitrogens with one attached hydrogen (secondary N) is 1. The summed E-state index contributed by atoms with van der Waals surface area (Å²) in [6.07, 6.45) is 2.75. The second-order valence-electron chi connectivity index (χ2n) is 5.04. The highest BCUT2D eigenvalue weighted by atomic mass is 127. The lowest BCUT2D eigenvalue weighted by atomic mass is 9.99. The lowest BCUT2D eigenvalue weighted by Crippen LogP contribution is -2.39. The van der Waals surface area contributed by atoms with Crippen LogP contribution in [0.2, 0.25) is 0 Å². The zero-order valence-electron chi connectivity index (χ0n) is 11.2. The molecule has 1 N–H and O–H groups in total. The minimum Gasteiger partial charge on any atom is -0.323 e. The van der Waals surface area contributed by atoms with E-state index < -0.39 is 0 Å². The van der Waals surface area contributed by atoms with Crippen molar-refractivity contribution in [3.05, 3.63) is 22.8 Å². The molecule has 0 aliphatic carbocycles. The fourth-order valence-electron chi connectivity index (χ4n) is 2.29. The fraction of sp³-hybridized carbons (Fsp3) is 0.429. The molecule has 0 bridgehead atoms. The molecule has 0 spiro atoms. The van der Waals surface area contributed by atoms with E-state index in [-0.39, 0.29) is 11.8 Å². The second-order valence-corrected chi connectivity index (χ2v) is 8.61. The van der Waals surface area contributed by atoms with Crippen molar-refractivity contribution >= 4 is 85.7 Å². The molecule has 0 aromatic heterocycles. The van der Waals surface area contributed by atoms with Gasteiger partial charge in [-0.3, -0.25) is 9.69 Å². The standard InChI is InChI=1S/C14H15I3N2O2/c15-10-5-11(16)14(12(17)6-10)18-13(21)7-19-3-1-9(8-20)2-4-19/h5-6,8-9H,1-4,7H2,(H,18,21). The van der Waals surface area contributed by atoms with E-state index in [1.807, 2.05) is 0 Å². The van der Waals surface area contributed by atoms with Crippen molar-refractivity contribution < 1.29 is 9.59 Å². The van der Waals surface area contributed by atoms with E-state index in [4.69, 9.17) is 0 Å². The Labute approximate surface area is 165 Å². The van der Waals surface area contributed by atoms with Gasteiger partial charge >= 0.3 is 0 Å². The van der Waals surface area contributed by atoms with Crippen LogP contribution in [0.5, 0.6) is 0 Å². The minimum absolute atomic E-state index is 0.0107. The first-order valence-electron chi connectivity index (χ1n) is 6.61. The van der Waals surface area contributed by atoms with Crippen LogP contribution in [-0.2, 0) is 9.59 Å². The van der Waals surface area contributed by atoms with E-state index in [0.29, 0.717) is 6.54 Å². The summed E-state index contributed by atoms with van der Waals surface area (Å²) in [6, 6.07) is 4.10. The molecule has 1 aromatic rings. The quantitative estimate of drug-likeness (QED) is 0.414. The summed E-state index contributed by atoms with van der Waals surface area (Å²) in [4.78, 5) is 25.0. The molecular weight excluding hydrogens is 609 g/mol. The Bertz CT molecular complexity index is 520. The molecule has 0 radical (unpaired) electrons. The largest absolute Gasteiger partial charge is 0.323 e. The van der Waals surface area contributed by atoms with Gasteiger partial charge in [0.05, 0.1) is 12.2 Å². The van der Waals surface area contributed by atoms with Gasteiger partial charge in [0.25, 0.3) is 0 Å². The van der Waals surface area contributed by atoms with Crippen molar-refractivity contribution in [2.75, 3.05) is 25.0 Å². The number of hydrogen-bond donors (Lipinski definition) is 1. The maximum atomic E-state index is 12.2. The molecule has 0 atom stereocenters. The van der Waals surface area contributed by atoms with Gasteiger partial charge in [-0.25, -0.2) is 0 Å². The number of piperidine rings is 1. The normalized spacial score (nSPS) is 16.7. The summed E-state index contributed by atoms with van der Waals surface area (Å²) in [5.74, 6) is 0.180. The monoisotopic (exact) mass is 624 g/mol. The van der Waals surface area contributed by atoms with Crippen molar-refractivity contribution in [1.82, 2.24) is 4.90 Å². The third kappa shape index (κ3) is 5.27. The maximum Gasteiger partial charge on any atom is 0.238 e. The summed E-state index contributed by atoms with van der Waals surface area (Å²) in [5.41, 5.74) is 0.893. The molecule has 114 valence electrons. The van der Waals surface area contributed by atoms with Crippen molar-refractivity contribution in [2.45, 2.75) is 12.8 Å². The Balaban J connectivity index is 1.92. The number of rotatable bonds is 4. The highest BCUT2D eigenvalue weighted by molar-refractivity contribution is 14.1. The summed E-state index contributed by atoms with van der Waals surface area (Å²) >= 11 is 6.77. The Morgan fingerprint density at radius 1 is 1.24 bits per heavy atom. The zero-order chi connectivity index (χ0) is 15.4. The molecule has 1 heterocycles. The maximum absolute atomic E-state index is 12.2. The molecule has 1 fully saturated rings. The van der Waals surface area contributed by atoms with Crippen molar-refractivity contribution in [2.24, 2.45) is 5.92 Å². The van der Waals surface area contributed by atoms with Crippen LogP contribution < -0.4 is 5.32 Å². The van der Waals surface area contributed by atoms with Gasteiger partial charge in [-0.1, -0.05) is 0 Å². The number of benzene rings is 1. The van der Waals surface area contributed by atoms with Crippen LogP contribution in [0.4, 0.5) is 5.69 Å². The molecule has 7 heteroatoms. The Morgan fingerprint density at radius 3 is 2.33 bits per heavy atom. The number of hydrogen-bond acceptors (Lipinski definition) is 3. The predicted molar refractivity (Wildman–Crippen MR) is 108 cm³/mol. The first-order valence-corrected chi connectivity index (χ1v) is 9.85. The molecule has 1 amide bonds. The van der Waals surface area contributed by atoms with Crippen LogP contribution in [0.25, 0.3) is 0 Å². The third-order valence-corrected chi connectivity index (χ3v) is 5.79. The van der Waals surface area contributed by atoms with Crippen LogP contribution in [0.15, 0.2) is 12.1 Å². The number of likely N-dealkylation sites (tertiary alicyclic amines) is 1. The molecule has 2 rings (SSSR count). The smallest absolute Gasteiger partial charge is 0.238 e. The van der Waals surface area contributed by atoms with Crippen LogP contribution >= 0.6 is 67.8 Å². The molecule has 0 unspecified atom stereocenters. The number of nitrogens with zero attached hydrogens (tertiary/aromatic N) is 1. The van der Waals surface area contributed by atoms with Crippen molar-refractivity contribution in [3.8, 4) is 0 Å². The Hall–Kier alpha value is 0.510. The second kappa shape index (κ2) is 8.39. The highest BCUT2D eigenvalue weighted by Crippen LogP contribution is 2.27. The third-order valence-electron chi connectivity index (χ3n) is 3.46. The highest BCUT2D eigenvalue weighted by Gasteiger charge is 2.20. The van der Waals surface area contributed by atoms with E-state index >= 15 is 0 Å². The minimum atomic E-state index is 0.0107. The SMILES string of the molecule is O=CC1CCN(CC(=O)Nc2c(I)cc(I)cc2I)CC1. The molecular formula is C14H15I3N2O2. The molecule has 1 aliphatic heterocycles. The molecule has 1 saturated heterocycles. The lowest BCUT2D eigenvalue weighted by molar-refractivity contribution is -0.117. The van der Waals surface area contributed by atoms with Gasteiger partial charge in [-0.2, -0.15) is 0 Å². The first-order chi connectivity index (χ1) is 9.99. The molecule has 1 aromatic carbocycles. The molecule has 21 heavy (non-hydrogen) atoms. The summed E-state index contributed by atoms with van der Waals surface area (Å²) in [5, 5.41) is 3.01. The summed E-state index contributed by atoms with van der Waals surface area (Å²) in [6.45, 7) is 2.03.